The van der Waals surface area contributed by atoms with Crippen molar-refractivity contribution in [2.45, 2.75) is 19.0 Å². The molecule has 0 fully saturated rings. The van der Waals surface area contributed by atoms with Gasteiger partial charge in [0.1, 0.15) is 6.04 Å². The number of benzene rings is 3. The molecule has 4 aromatic rings. The van der Waals surface area contributed by atoms with Crippen molar-refractivity contribution in [2.24, 2.45) is 0 Å². The van der Waals surface area contributed by atoms with E-state index in [1.807, 2.05) is 30.3 Å². The Hall–Kier alpha value is -4.50. The maximum Gasteiger partial charge on any atom is 0.329 e. The van der Waals surface area contributed by atoms with E-state index in [9.17, 15) is 14.4 Å². The van der Waals surface area contributed by atoms with Crippen LogP contribution in [0.1, 0.15) is 21.5 Å². The van der Waals surface area contributed by atoms with Gasteiger partial charge in [0.2, 0.25) is 6.79 Å². The van der Waals surface area contributed by atoms with Gasteiger partial charge in [-0.3, -0.25) is 9.59 Å². The minimum Gasteiger partial charge on any atom is -0.454 e. The summed E-state index contributed by atoms with van der Waals surface area (Å²) < 4.78 is 15.9. The van der Waals surface area contributed by atoms with Gasteiger partial charge in [-0.15, -0.1) is 0 Å². The molecule has 194 valence electrons. The summed E-state index contributed by atoms with van der Waals surface area (Å²) in [4.78, 5) is 41.5. The Labute approximate surface area is 223 Å². The highest BCUT2D eigenvalue weighted by molar-refractivity contribution is 6.30. The van der Waals surface area contributed by atoms with Gasteiger partial charge in [-0.2, -0.15) is 0 Å². The van der Waals surface area contributed by atoms with Gasteiger partial charge in [-0.25, -0.2) is 4.79 Å². The first kappa shape index (κ1) is 25.2. The Balaban J connectivity index is 1.23. The van der Waals surface area contributed by atoms with Crippen LogP contribution in [0.5, 0.6) is 11.5 Å². The summed E-state index contributed by atoms with van der Waals surface area (Å²) in [5, 5.41) is 6.85. The molecule has 1 unspecified atom stereocenters. The quantitative estimate of drug-likeness (QED) is 0.282. The summed E-state index contributed by atoms with van der Waals surface area (Å²) in [5.41, 5.74) is 2.88. The van der Waals surface area contributed by atoms with Crippen LogP contribution >= 0.6 is 11.6 Å². The van der Waals surface area contributed by atoms with Gasteiger partial charge in [0.05, 0.1) is 0 Å². The Bertz CT molecular complexity index is 1480. The molecular formula is C28H24ClN3O6. The van der Waals surface area contributed by atoms with Gasteiger partial charge in [0, 0.05) is 40.7 Å². The minimum absolute atomic E-state index is 0.162. The molecule has 1 atom stereocenters. The lowest BCUT2D eigenvalue weighted by atomic mass is 10.0. The summed E-state index contributed by atoms with van der Waals surface area (Å²) >= 11 is 5.92. The zero-order chi connectivity index (χ0) is 26.5. The van der Waals surface area contributed by atoms with Gasteiger partial charge in [0.25, 0.3) is 11.8 Å². The van der Waals surface area contributed by atoms with Crippen LogP contribution in [0, 0.1) is 0 Å². The monoisotopic (exact) mass is 533 g/mol. The SMILES string of the molecule is O=C(COC(=O)C(Cc1c[nH]c2ccccc12)NC(=O)c1ccc(Cl)cc1)NCc1ccc2c(c1)OCO2. The molecule has 0 bridgehead atoms. The van der Waals surface area contributed by atoms with E-state index in [-0.39, 0.29) is 19.8 Å². The summed E-state index contributed by atoms with van der Waals surface area (Å²) in [6, 6.07) is 18.3. The highest BCUT2D eigenvalue weighted by Crippen LogP contribution is 2.32. The number of fused-ring (bicyclic) bond motifs is 2. The maximum atomic E-state index is 13.1. The van der Waals surface area contributed by atoms with Gasteiger partial charge >= 0.3 is 5.97 Å². The van der Waals surface area contributed by atoms with Crippen molar-refractivity contribution < 1.29 is 28.6 Å². The number of halogens is 1. The van der Waals surface area contributed by atoms with Gasteiger partial charge in [-0.1, -0.05) is 35.9 Å². The summed E-state index contributed by atoms with van der Waals surface area (Å²) in [6.07, 6.45) is 1.96. The molecular weight excluding hydrogens is 510 g/mol. The van der Waals surface area contributed by atoms with Crippen molar-refractivity contribution in [1.82, 2.24) is 15.6 Å². The molecule has 3 N–H and O–H groups in total. The highest BCUT2D eigenvalue weighted by atomic mass is 35.5. The molecule has 0 spiro atoms. The number of carbonyl (C=O) groups excluding carboxylic acids is 3. The van der Waals surface area contributed by atoms with E-state index in [1.165, 1.54) is 0 Å². The Morgan fingerprint density at radius 3 is 2.63 bits per heavy atom. The Morgan fingerprint density at radius 2 is 1.79 bits per heavy atom. The van der Waals surface area contributed by atoms with Crippen LogP contribution in [-0.4, -0.2) is 42.2 Å². The van der Waals surface area contributed by atoms with E-state index in [4.69, 9.17) is 25.8 Å². The number of nitrogens with one attached hydrogen (secondary N) is 3. The van der Waals surface area contributed by atoms with E-state index >= 15 is 0 Å². The third-order valence-corrected chi connectivity index (χ3v) is 6.32. The molecule has 9 nitrogen and oxygen atoms in total. The fourth-order valence-corrected chi connectivity index (χ4v) is 4.22. The first-order valence-electron chi connectivity index (χ1n) is 11.9. The number of hydrogen-bond acceptors (Lipinski definition) is 6. The van der Waals surface area contributed by atoms with Crippen LogP contribution in [0.15, 0.2) is 72.9 Å². The smallest absolute Gasteiger partial charge is 0.329 e. The van der Waals surface area contributed by atoms with E-state index in [1.54, 1.807) is 42.6 Å². The van der Waals surface area contributed by atoms with Crippen molar-refractivity contribution in [2.75, 3.05) is 13.4 Å². The average Bonchev–Trinajstić information content (AvgIpc) is 3.57. The predicted molar refractivity (Wildman–Crippen MR) is 140 cm³/mol. The predicted octanol–water partition coefficient (Wildman–Crippen LogP) is 3.75. The van der Waals surface area contributed by atoms with Crippen molar-refractivity contribution in [3.05, 3.63) is 94.6 Å². The topological polar surface area (TPSA) is 119 Å². The number of rotatable bonds is 9. The van der Waals surface area contributed by atoms with Crippen molar-refractivity contribution in [3.63, 3.8) is 0 Å². The number of amides is 2. The van der Waals surface area contributed by atoms with E-state index in [0.717, 1.165) is 22.0 Å². The zero-order valence-electron chi connectivity index (χ0n) is 20.2. The zero-order valence-corrected chi connectivity index (χ0v) is 20.9. The lowest BCUT2D eigenvalue weighted by Crippen LogP contribution is -2.44. The van der Waals surface area contributed by atoms with Crippen LogP contribution in [0.2, 0.25) is 5.02 Å². The second-order valence-corrected chi connectivity index (χ2v) is 9.11. The second kappa shape index (κ2) is 11.3. The first-order chi connectivity index (χ1) is 18.5. The van der Waals surface area contributed by atoms with Crippen LogP contribution in [0.4, 0.5) is 0 Å². The summed E-state index contributed by atoms with van der Waals surface area (Å²) in [7, 11) is 0. The molecule has 0 radical (unpaired) electrons. The van der Waals surface area contributed by atoms with Crippen LogP contribution in [0.25, 0.3) is 10.9 Å². The Kier molecular flexibility index (Phi) is 7.46. The molecule has 0 aliphatic carbocycles. The average molecular weight is 534 g/mol. The number of aromatic amines is 1. The molecule has 2 amide bonds. The lowest BCUT2D eigenvalue weighted by molar-refractivity contribution is -0.150. The lowest BCUT2D eigenvalue weighted by Gasteiger charge is -2.18. The number of aromatic nitrogens is 1. The van der Waals surface area contributed by atoms with Crippen molar-refractivity contribution >= 4 is 40.3 Å². The third kappa shape index (κ3) is 5.90. The molecule has 5 rings (SSSR count). The highest BCUT2D eigenvalue weighted by Gasteiger charge is 2.25. The van der Waals surface area contributed by atoms with Gasteiger partial charge in [0.15, 0.2) is 18.1 Å². The van der Waals surface area contributed by atoms with Crippen molar-refractivity contribution in [3.8, 4) is 11.5 Å². The van der Waals surface area contributed by atoms with E-state index < -0.39 is 30.4 Å². The second-order valence-electron chi connectivity index (χ2n) is 8.67. The molecule has 1 aliphatic heterocycles. The third-order valence-electron chi connectivity index (χ3n) is 6.07. The van der Waals surface area contributed by atoms with Crippen molar-refractivity contribution in [1.29, 1.82) is 0 Å². The normalized spacial score (nSPS) is 12.7. The molecule has 10 heteroatoms. The summed E-state index contributed by atoms with van der Waals surface area (Å²) in [6.45, 7) is -0.112. The number of para-hydroxylation sites is 1. The van der Waals surface area contributed by atoms with Gasteiger partial charge in [-0.05, 0) is 53.6 Å². The number of hydrogen-bond donors (Lipinski definition) is 3. The fourth-order valence-electron chi connectivity index (χ4n) is 4.10. The molecule has 0 saturated heterocycles. The van der Waals surface area contributed by atoms with E-state index in [0.29, 0.717) is 22.1 Å². The maximum absolute atomic E-state index is 13.1. The summed E-state index contributed by atoms with van der Waals surface area (Å²) in [5.74, 6) is -0.409. The number of esters is 1. The molecule has 1 aliphatic rings. The molecule has 2 heterocycles. The van der Waals surface area contributed by atoms with Gasteiger partial charge < -0.3 is 29.8 Å². The largest absolute Gasteiger partial charge is 0.454 e. The fraction of sp³-hybridized carbons (Fsp3) is 0.179. The van der Waals surface area contributed by atoms with Crippen LogP contribution < -0.4 is 20.1 Å². The number of ether oxygens (including phenoxy) is 3. The Morgan fingerprint density at radius 1 is 1.00 bits per heavy atom. The minimum atomic E-state index is -1.03. The number of carbonyl (C=O) groups is 3. The van der Waals surface area contributed by atoms with Crippen LogP contribution in [0.3, 0.4) is 0 Å². The van der Waals surface area contributed by atoms with Crippen LogP contribution in [-0.2, 0) is 27.3 Å². The molecule has 38 heavy (non-hydrogen) atoms. The first-order valence-corrected chi connectivity index (χ1v) is 12.3. The molecule has 3 aromatic carbocycles. The number of H-pyrrole nitrogens is 1. The molecule has 0 saturated carbocycles. The molecule has 1 aromatic heterocycles. The van der Waals surface area contributed by atoms with E-state index in [2.05, 4.69) is 15.6 Å². The standard InChI is InChI=1S/C28H24ClN3O6/c29-20-8-6-18(7-9-20)27(34)32-23(12-19-14-30-22-4-2-1-3-21(19)22)28(35)36-15-26(33)31-13-17-5-10-24-25(11-17)38-16-37-24/h1-11,14,23,30H,12-13,15-16H2,(H,31,33)(H,32,34).